The molecule has 2 aromatic rings. The maximum atomic E-state index is 13.6. The summed E-state index contributed by atoms with van der Waals surface area (Å²) in [6, 6.07) is 1.71. The summed E-state index contributed by atoms with van der Waals surface area (Å²) in [6.45, 7) is -1.36. The lowest BCUT2D eigenvalue weighted by Crippen LogP contribution is -2.13. The van der Waals surface area contributed by atoms with Crippen LogP contribution in [-0.4, -0.2) is 25.1 Å². The number of esters is 1. The van der Waals surface area contributed by atoms with E-state index in [1.807, 2.05) is 0 Å². The molecule has 0 unspecified atom stereocenters. The summed E-state index contributed by atoms with van der Waals surface area (Å²) in [5.41, 5.74) is -2.89. The Bertz CT molecular complexity index is 936. The quantitative estimate of drug-likeness (QED) is 0.181. The lowest BCUT2D eigenvalue weighted by atomic mass is 10.1. The zero-order valence-corrected chi connectivity index (χ0v) is 14.1. The number of nitrogens with zero attached hydrogens (tertiary/aromatic N) is 1. The minimum Gasteiger partial charge on any atom is -0.493 e. The summed E-state index contributed by atoms with van der Waals surface area (Å²) < 4.78 is 80.9. The molecule has 0 amide bonds. The van der Waals surface area contributed by atoms with Crippen LogP contribution in [0.1, 0.15) is 15.9 Å². The van der Waals surface area contributed by atoms with Gasteiger partial charge in [0, 0.05) is 6.07 Å². The third-order valence-corrected chi connectivity index (χ3v) is 3.57. The molecule has 150 valence electrons. The van der Waals surface area contributed by atoms with Gasteiger partial charge in [-0.3, -0.25) is 10.1 Å². The Labute approximate surface area is 153 Å². The van der Waals surface area contributed by atoms with Crippen LogP contribution in [0.5, 0.6) is 11.5 Å². The molecule has 7 nitrogen and oxygen atoms in total. The van der Waals surface area contributed by atoms with Gasteiger partial charge in [0.05, 0.1) is 30.8 Å². The molecule has 0 atom stereocenters. The van der Waals surface area contributed by atoms with E-state index in [1.165, 1.54) is 14.2 Å². The molecule has 0 saturated carbocycles. The second kappa shape index (κ2) is 8.06. The standard InChI is InChI=1S/C16H10F5NO6/c1-26-9-3-6(8(22(24)25)4-10(9)27-2)16(23)28-5-7-11(17)13(19)15(21)14(20)12(7)18/h3-4H,5H2,1-2H3. The molecular weight excluding hydrogens is 397 g/mol. The molecule has 2 rings (SSSR count). The number of ether oxygens (including phenoxy) is 3. The van der Waals surface area contributed by atoms with Crippen LogP contribution in [0.2, 0.25) is 0 Å². The van der Waals surface area contributed by atoms with Gasteiger partial charge in [0.25, 0.3) is 5.69 Å². The van der Waals surface area contributed by atoms with Crippen molar-refractivity contribution < 1.29 is 45.9 Å². The van der Waals surface area contributed by atoms with Crippen molar-refractivity contribution >= 4 is 11.7 Å². The van der Waals surface area contributed by atoms with E-state index in [2.05, 4.69) is 4.74 Å². The molecule has 0 spiro atoms. The molecule has 0 heterocycles. The molecule has 0 N–H and O–H groups in total. The molecule has 0 aliphatic heterocycles. The van der Waals surface area contributed by atoms with Crippen molar-refractivity contribution in [2.45, 2.75) is 6.61 Å². The lowest BCUT2D eigenvalue weighted by molar-refractivity contribution is -0.385. The van der Waals surface area contributed by atoms with E-state index in [9.17, 15) is 36.9 Å². The Balaban J connectivity index is 2.41. The van der Waals surface area contributed by atoms with Crippen molar-refractivity contribution in [2.24, 2.45) is 0 Å². The Morgan fingerprint density at radius 2 is 1.39 bits per heavy atom. The number of hydrogen-bond acceptors (Lipinski definition) is 6. The lowest BCUT2D eigenvalue weighted by Gasteiger charge is -2.11. The van der Waals surface area contributed by atoms with Crippen LogP contribution in [0, 0.1) is 39.2 Å². The molecule has 0 aliphatic rings. The van der Waals surface area contributed by atoms with Gasteiger partial charge in [0.1, 0.15) is 12.2 Å². The fourth-order valence-corrected chi connectivity index (χ4v) is 2.18. The molecule has 2 aromatic carbocycles. The average Bonchev–Trinajstić information content (AvgIpc) is 2.69. The number of carbonyl (C=O) groups excluding carboxylic acids is 1. The first-order chi connectivity index (χ1) is 13.1. The number of hydrogen-bond donors (Lipinski definition) is 0. The molecule has 0 aliphatic carbocycles. The largest absolute Gasteiger partial charge is 0.493 e. The summed E-state index contributed by atoms with van der Waals surface area (Å²) in [4.78, 5) is 22.3. The monoisotopic (exact) mass is 407 g/mol. The van der Waals surface area contributed by atoms with Crippen molar-refractivity contribution in [1.29, 1.82) is 0 Å². The van der Waals surface area contributed by atoms with Crippen LogP contribution in [0.25, 0.3) is 0 Å². The fourth-order valence-electron chi connectivity index (χ4n) is 2.18. The molecule has 0 radical (unpaired) electrons. The van der Waals surface area contributed by atoms with Crippen molar-refractivity contribution in [1.82, 2.24) is 0 Å². The van der Waals surface area contributed by atoms with E-state index in [-0.39, 0.29) is 11.5 Å². The Hall–Kier alpha value is -3.44. The van der Waals surface area contributed by atoms with Gasteiger partial charge >= 0.3 is 5.97 Å². The van der Waals surface area contributed by atoms with Crippen LogP contribution in [0.4, 0.5) is 27.6 Å². The summed E-state index contributed by atoms with van der Waals surface area (Å²) in [7, 11) is 2.36. The van der Waals surface area contributed by atoms with E-state index in [4.69, 9.17) is 9.47 Å². The summed E-state index contributed by atoms with van der Waals surface area (Å²) >= 11 is 0. The van der Waals surface area contributed by atoms with E-state index in [0.29, 0.717) is 0 Å². The summed E-state index contributed by atoms with van der Waals surface area (Å²) in [6.07, 6.45) is 0. The van der Waals surface area contributed by atoms with Crippen molar-refractivity contribution in [3.63, 3.8) is 0 Å². The highest BCUT2D eigenvalue weighted by atomic mass is 19.2. The highest BCUT2D eigenvalue weighted by molar-refractivity contribution is 5.95. The van der Waals surface area contributed by atoms with E-state index >= 15 is 0 Å². The minimum atomic E-state index is -2.37. The molecule has 0 aromatic heterocycles. The van der Waals surface area contributed by atoms with E-state index in [1.54, 1.807) is 0 Å². The van der Waals surface area contributed by atoms with Crippen molar-refractivity contribution in [2.75, 3.05) is 14.2 Å². The van der Waals surface area contributed by atoms with Gasteiger partial charge in [-0.1, -0.05) is 0 Å². The number of benzene rings is 2. The van der Waals surface area contributed by atoms with Gasteiger partial charge in [-0.2, -0.15) is 0 Å². The molecule has 12 heteroatoms. The first kappa shape index (κ1) is 20.9. The fraction of sp³-hybridized carbons (Fsp3) is 0.188. The predicted molar refractivity (Wildman–Crippen MR) is 81.6 cm³/mol. The smallest absolute Gasteiger partial charge is 0.345 e. The van der Waals surface area contributed by atoms with Gasteiger partial charge in [-0.15, -0.1) is 0 Å². The topological polar surface area (TPSA) is 87.9 Å². The minimum absolute atomic E-state index is 0.0921. The number of halogens is 5. The normalized spacial score (nSPS) is 10.5. The van der Waals surface area contributed by atoms with E-state index in [0.717, 1.165) is 12.1 Å². The predicted octanol–water partition coefficient (Wildman–Crippen LogP) is 3.66. The molecular formula is C16H10F5NO6. The second-order valence-corrected chi connectivity index (χ2v) is 5.11. The van der Waals surface area contributed by atoms with Gasteiger partial charge in [0.2, 0.25) is 5.82 Å². The first-order valence-electron chi connectivity index (χ1n) is 7.21. The summed E-state index contributed by atoms with van der Waals surface area (Å²) in [5, 5.41) is 11.1. The average molecular weight is 407 g/mol. The van der Waals surface area contributed by atoms with Gasteiger partial charge in [0.15, 0.2) is 34.8 Å². The van der Waals surface area contributed by atoms with Gasteiger partial charge in [-0.25, -0.2) is 26.7 Å². The Kier molecular flexibility index (Phi) is 6.01. The Morgan fingerprint density at radius 3 is 1.86 bits per heavy atom. The number of nitro benzene ring substituents is 1. The molecule has 0 bridgehead atoms. The number of carbonyl (C=O) groups is 1. The van der Waals surface area contributed by atoms with Crippen molar-refractivity contribution in [3.8, 4) is 11.5 Å². The molecule has 28 heavy (non-hydrogen) atoms. The van der Waals surface area contributed by atoms with Crippen LogP contribution in [-0.2, 0) is 11.3 Å². The highest BCUT2D eigenvalue weighted by Gasteiger charge is 2.29. The van der Waals surface area contributed by atoms with E-state index < -0.39 is 63.4 Å². The van der Waals surface area contributed by atoms with Crippen molar-refractivity contribution in [3.05, 3.63) is 62.5 Å². The van der Waals surface area contributed by atoms with Gasteiger partial charge in [-0.05, 0) is 0 Å². The zero-order chi connectivity index (χ0) is 21.2. The zero-order valence-electron chi connectivity index (χ0n) is 14.1. The maximum Gasteiger partial charge on any atom is 0.345 e. The van der Waals surface area contributed by atoms with Crippen LogP contribution in [0.3, 0.4) is 0 Å². The number of methoxy groups -OCH3 is 2. The van der Waals surface area contributed by atoms with Gasteiger partial charge < -0.3 is 14.2 Å². The third-order valence-electron chi connectivity index (χ3n) is 3.57. The molecule has 0 saturated heterocycles. The van der Waals surface area contributed by atoms with Crippen LogP contribution < -0.4 is 9.47 Å². The Morgan fingerprint density at radius 1 is 0.929 bits per heavy atom. The SMILES string of the molecule is COc1cc(C(=O)OCc2c(F)c(F)c(F)c(F)c2F)c([N+](=O)[O-])cc1OC. The third kappa shape index (κ3) is 3.66. The second-order valence-electron chi connectivity index (χ2n) is 5.11. The maximum absolute atomic E-state index is 13.6. The highest BCUT2D eigenvalue weighted by Crippen LogP contribution is 2.35. The summed E-state index contributed by atoms with van der Waals surface area (Å²) in [5.74, 6) is -12.8. The number of nitro groups is 1. The number of rotatable bonds is 6. The molecule has 0 fully saturated rings. The van der Waals surface area contributed by atoms with Crippen LogP contribution in [0.15, 0.2) is 12.1 Å². The van der Waals surface area contributed by atoms with Crippen LogP contribution >= 0.6 is 0 Å². The first-order valence-corrected chi connectivity index (χ1v) is 7.21.